The van der Waals surface area contributed by atoms with E-state index in [-0.39, 0.29) is 42.4 Å². The second-order valence-corrected chi connectivity index (χ2v) is 5.18. The van der Waals surface area contributed by atoms with Crippen LogP contribution in [0.1, 0.15) is 12.8 Å². The Balaban J connectivity index is 0.00000264. The van der Waals surface area contributed by atoms with Crippen LogP contribution in [0, 0.1) is 16.0 Å². The van der Waals surface area contributed by atoms with Crippen LogP contribution in [-0.4, -0.2) is 37.1 Å². The van der Waals surface area contributed by atoms with E-state index in [0.29, 0.717) is 18.2 Å². The van der Waals surface area contributed by atoms with Crippen LogP contribution in [0.4, 0.5) is 5.69 Å². The molecule has 0 aliphatic heterocycles. The highest BCUT2D eigenvalue weighted by atomic mass is 35.5. The number of nitrogens with two attached hydrogens (primary N) is 1. The predicted octanol–water partition coefficient (Wildman–Crippen LogP) is 1.26. The Morgan fingerprint density at radius 3 is 2.78 bits per heavy atom. The first kappa shape index (κ1) is 19.0. The van der Waals surface area contributed by atoms with Gasteiger partial charge in [-0.15, -0.1) is 12.4 Å². The predicted molar refractivity (Wildman–Crippen MR) is 86.1 cm³/mol. The summed E-state index contributed by atoms with van der Waals surface area (Å²) in [6, 6.07) is 4.06. The highest BCUT2D eigenvalue weighted by molar-refractivity contribution is 5.85. The van der Waals surface area contributed by atoms with Crippen LogP contribution < -0.4 is 20.5 Å². The summed E-state index contributed by atoms with van der Waals surface area (Å²) >= 11 is 0. The van der Waals surface area contributed by atoms with Gasteiger partial charge in [-0.3, -0.25) is 14.9 Å². The van der Waals surface area contributed by atoms with E-state index in [1.54, 1.807) is 0 Å². The van der Waals surface area contributed by atoms with E-state index < -0.39 is 4.92 Å². The number of ether oxygens (including phenoxy) is 2. The lowest BCUT2D eigenvalue weighted by Gasteiger charge is -2.12. The number of nitrogens with zero attached hydrogens (tertiary/aromatic N) is 1. The maximum absolute atomic E-state index is 11.7. The van der Waals surface area contributed by atoms with Crippen molar-refractivity contribution in [1.82, 2.24) is 5.32 Å². The first-order valence-electron chi connectivity index (χ1n) is 6.98. The molecule has 0 bridgehead atoms. The van der Waals surface area contributed by atoms with Crippen LogP contribution >= 0.6 is 12.4 Å². The van der Waals surface area contributed by atoms with Crippen molar-refractivity contribution in [3.63, 3.8) is 0 Å². The van der Waals surface area contributed by atoms with E-state index in [9.17, 15) is 14.9 Å². The number of nitro groups is 1. The molecule has 1 fully saturated rings. The minimum atomic E-state index is -0.547. The fourth-order valence-corrected chi connectivity index (χ4v) is 2.02. The first-order chi connectivity index (χ1) is 10.5. The van der Waals surface area contributed by atoms with Crippen molar-refractivity contribution in [3.05, 3.63) is 28.3 Å². The minimum Gasteiger partial charge on any atom is -0.490 e. The number of nitro benzene ring substituents is 1. The molecule has 1 saturated carbocycles. The highest BCUT2D eigenvalue weighted by Crippen LogP contribution is 2.31. The lowest BCUT2D eigenvalue weighted by Crippen LogP contribution is -2.40. The molecule has 3 N–H and O–H groups in total. The Morgan fingerprint density at radius 2 is 2.22 bits per heavy atom. The molecule has 0 radical (unpaired) electrons. The second-order valence-electron chi connectivity index (χ2n) is 5.18. The molecule has 8 nitrogen and oxygen atoms in total. The van der Waals surface area contributed by atoms with Gasteiger partial charge in [0.1, 0.15) is 5.75 Å². The number of carbonyl (C=O) groups is 1. The molecule has 2 rings (SSSR count). The smallest absolute Gasteiger partial charge is 0.311 e. The molecule has 23 heavy (non-hydrogen) atoms. The van der Waals surface area contributed by atoms with Crippen molar-refractivity contribution in [2.24, 2.45) is 11.7 Å². The van der Waals surface area contributed by atoms with Gasteiger partial charge in [0.05, 0.1) is 12.0 Å². The summed E-state index contributed by atoms with van der Waals surface area (Å²) in [5, 5.41) is 13.5. The number of amides is 1. The van der Waals surface area contributed by atoms with E-state index in [4.69, 9.17) is 15.2 Å². The van der Waals surface area contributed by atoms with Crippen LogP contribution in [0.5, 0.6) is 11.5 Å². The number of carbonyl (C=O) groups excluding carboxylic acids is 1. The fourth-order valence-electron chi connectivity index (χ4n) is 2.02. The van der Waals surface area contributed by atoms with E-state index in [1.807, 2.05) is 0 Å². The molecule has 0 heterocycles. The van der Waals surface area contributed by atoms with E-state index in [2.05, 4.69) is 5.32 Å². The average molecular weight is 346 g/mol. The summed E-state index contributed by atoms with van der Waals surface area (Å²) in [5.74, 6) is 0.635. The van der Waals surface area contributed by atoms with Crippen LogP contribution in [0.25, 0.3) is 0 Å². The summed E-state index contributed by atoms with van der Waals surface area (Å²) in [7, 11) is 1.33. The van der Waals surface area contributed by atoms with Gasteiger partial charge in [0, 0.05) is 24.7 Å². The zero-order valence-corrected chi connectivity index (χ0v) is 13.5. The Labute approximate surface area is 139 Å². The Hall–Kier alpha value is -2.06. The number of hydrogen-bond acceptors (Lipinski definition) is 6. The standard InChI is InChI=1S/C14H19N3O5.ClH/c1-21-13-6-10(4-5-12(13)17(19)20)22-8-14(18)16-7-11(15)9-2-3-9;/h4-6,9,11H,2-3,7-8,15H2,1H3,(H,16,18);1H. The summed E-state index contributed by atoms with van der Waals surface area (Å²) in [4.78, 5) is 21.9. The lowest BCUT2D eigenvalue weighted by molar-refractivity contribution is -0.385. The molecule has 0 saturated heterocycles. The van der Waals surface area contributed by atoms with Crippen LogP contribution in [0.2, 0.25) is 0 Å². The van der Waals surface area contributed by atoms with Gasteiger partial charge in [0.25, 0.3) is 5.91 Å². The van der Waals surface area contributed by atoms with Crippen LogP contribution in [0.15, 0.2) is 18.2 Å². The molecule has 1 atom stereocenters. The number of benzene rings is 1. The normalized spacial score (nSPS) is 14.3. The van der Waals surface area contributed by atoms with Crippen LogP contribution in [-0.2, 0) is 4.79 Å². The molecule has 1 aliphatic carbocycles. The largest absolute Gasteiger partial charge is 0.490 e. The van der Waals surface area contributed by atoms with Gasteiger partial charge in [0.2, 0.25) is 5.75 Å². The SMILES string of the molecule is COc1cc(OCC(=O)NCC(N)C2CC2)ccc1[N+](=O)[O-].Cl. The van der Waals surface area contributed by atoms with Crippen LogP contribution in [0.3, 0.4) is 0 Å². The van der Waals surface area contributed by atoms with Gasteiger partial charge < -0.3 is 20.5 Å². The van der Waals surface area contributed by atoms with E-state index in [0.717, 1.165) is 12.8 Å². The summed E-state index contributed by atoms with van der Waals surface area (Å²) < 4.78 is 10.2. The maximum atomic E-state index is 11.7. The fraction of sp³-hybridized carbons (Fsp3) is 0.500. The van der Waals surface area contributed by atoms with Gasteiger partial charge in [-0.2, -0.15) is 0 Å². The third-order valence-electron chi connectivity index (χ3n) is 3.48. The van der Waals surface area contributed by atoms with Gasteiger partial charge in [0.15, 0.2) is 6.61 Å². The third-order valence-corrected chi connectivity index (χ3v) is 3.48. The van der Waals surface area contributed by atoms with Crippen molar-refractivity contribution in [3.8, 4) is 11.5 Å². The highest BCUT2D eigenvalue weighted by Gasteiger charge is 2.28. The molecule has 1 amide bonds. The minimum absolute atomic E-state index is 0. The summed E-state index contributed by atoms with van der Waals surface area (Å²) in [5.41, 5.74) is 5.72. The van der Waals surface area contributed by atoms with Gasteiger partial charge >= 0.3 is 5.69 Å². The number of nitrogens with one attached hydrogen (secondary N) is 1. The Bertz CT molecular complexity index is 565. The zero-order chi connectivity index (χ0) is 16.1. The lowest BCUT2D eigenvalue weighted by atomic mass is 10.2. The summed E-state index contributed by atoms with van der Waals surface area (Å²) in [6.45, 7) is 0.245. The van der Waals surface area contributed by atoms with Crippen molar-refractivity contribution < 1.29 is 19.2 Å². The number of rotatable bonds is 8. The number of methoxy groups -OCH3 is 1. The van der Waals surface area contributed by atoms with Crippen molar-refractivity contribution in [1.29, 1.82) is 0 Å². The molecule has 9 heteroatoms. The molecule has 1 aromatic rings. The topological polar surface area (TPSA) is 117 Å². The molecule has 128 valence electrons. The van der Waals surface area contributed by atoms with Gasteiger partial charge in [-0.25, -0.2) is 0 Å². The molecule has 1 unspecified atom stereocenters. The van der Waals surface area contributed by atoms with Crippen molar-refractivity contribution >= 4 is 24.0 Å². The second kappa shape index (κ2) is 8.54. The molecular formula is C14H20ClN3O5. The Morgan fingerprint density at radius 1 is 1.52 bits per heavy atom. The number of hydrogen-bond donors (Lipinski definition) is 2. The Kier molecular flexibility index (Phi) is 7.05. The van der Waals surface area contributed by atoms with E-state index >= 15 is 0 Å². The monoisotopic (exact) mass is 345 g/mol. The molecule has 0 spiro atoms. The maximum Gasteiger partial charge on any atom is 0.311 e. The van der Waals surface area contributed by atoms with Crippen molar-refractivity contribution in [2.75, 3.05) is 20.3 Å². The van der Waals surface area contributed by atoms with Gasteiger partial charge in [-0.1, -0.05) is 0 Å². The average Bonchev–Trinajstić information content (AvgIpc) is 3.34. The van der Waals surface area contributed by atoms with E-state index in [1.165, 1.54) is 25.3 Å². The molecule has 0 aromatic heterocycles. The van der Waals surface area contributed by atoms with Crippen molar-refractivity contribution in [2.45, 2.75) is 18.9 Å². The molecule has 1 aromatic carbocycles. The van der Waals surface area contributed by atoms with Gasteiger partial charge in [-0.05, 0) is 24.8 Å². The zero-order valence-electron chi connectivity index (χ0n) is 12.7. The summed E-state index contributed by atoms with van der Waals surface area (Å²) in [6.07, 6.45) is 2.24. The quantitative estimate of drug-likeness (QED) is 0.541. The first-order valence-corrected chi connectivity index (χ1v) is 6.98. The third kappa shape index (κ3) is 5.57. The molecule has 1 aliphatic rings. The number of halogens is 1. The molecular weight excluding hydrogens is 326 g/mol.